The van der Waals surface area contributed by atoms with Gasteiger partial charge in [-0.25, -0.2) is 0 Å². The highest BCUT2D eigenvalue weighted by atomic mass is 19.3. The second-order valence-corrected chi connectivity index (χ2v) is 1.57. The minimum atomic E-state index is -3.93. The quantitative estimate of drug-likeness (QED) is 0.531. The van der Waals surface area contributed by atoms with Crippen molar-refractivity contribution in [2.24, 2.45) is 0 Å². The Balaban J connectivity index is 3.70. The summed E-state index contributed by atoms with van der Waals surface area (Å²) in [5.74, 6) is -3.93. The van der Waals surface area contributed by atoms with Gasteiger partial charge >= 0.3 is 12.3 Å². The first-order valence-corrected chi connectivity index (χ1v) is 2.36. The maximum Gasteiger partial charge on any atom is 0.378 e. The summed E-state index contributed by atoms with van der Waals surface area (Å²) in [4.78, 5) is 0. The number of hydrogen-bond acceptors (Lipinski definition) is 0. The number of halogens is 4. The summed E-state index contributed by atoms with van der Waals surface area (Å²) in [6.07, 6.45) is -3.90. The maximum atomic E-state index is 11.7. The molecule has 0 aliphatic heterocycles. The van der Waals surface area contributed by atoms with E-state index >= 15 is 0 Å². The van der Waals surface area contributed by atoms with Gasteiger partial charge in [-0.2, -0.15) is 17.6 Å². The Labute approximate surface area is 50.9 Å². The molecule has 0 aromatic carbocycles. The molecule has 0 aliphatic rings. The van der Waals surface area contributed by atoms with Crippen molar-refractivity contribution < 1.29 is 17.6 Å². The molecule has 0 unspecified atom stereocenters. The van der Waals surface area contributed by atoms with Gasteiger partial charge in [-0.05, 0) is 6.42 Å². The van der Waals surface area contributed by atoms with Crippen LogP contribution in [0.2, 0.25) is 0 Å². The Hall–Kier alpha value is -0.280. The molecule has 0 saturated heterocycles. The third-order valence-corrected chi connectivity index (χ3v) is 0.767. The molecule has 0 rings (SSSR count). The van der Waals surface area contributed by atoms with Crippen LogP contribution in [0.5, 0.6) is 0 Å². The molecule has 0 bridgehead atoms. The van der Waals surface area contributed by atoms with Crippen LogP contribution in [0.1, 0.15) is 12.8 Å². The van der Waals surface area contributed by atoms with Gasteiger partial charge in [0.2, 0.25) is 0 Å². The molecule has 0 N–H and O–H groups in total. The molecule has 2 radical (unpaired) electrons. The van der Waals surface area contributed by atoms with Crippen molar-refractivity contribution in [3.63, 3.8) is 0 Å². The Bertz CT molecular complexity index is 79.0. The number of hydrogen-bond donors (Lipinski definition) is 0. The van der Waals surface area contributed by atoms with Gasteiger partial charge in [0.15, 0.2) is 0 Å². The van der Waals surface area contributed by atoms with Crippen LogP contribution in [-0.2, 0) is 0 Å². The smallest absolute Gasteiger partial charge is 0.200 e. The topological polar surface area (TPSA) is 0 Å². The minimum absolute atomic E-state index is 0.190. The molecule has 0 spiro atoms. The average molecular weight is 142 g/mol. The highest BCUT2D eigenvalue weighted by Crippen LogP contribution is 2.32. The zero-order chi connectivity index (χ0) is 7.49. The highest BCUT2D eigenvalue weighted by molar-refractivity contribution is 4.82. The summed E-state index contributed by atoms with van der Waals surface area (Å²) in [6.45, 7) is 3.03. The van der Waals surface area contributed by atoms with Crippen LogP contribution in [0, 0.1) is 13.3 Å². The van der Waals surface area contributed by atoms with Crippen molar-refractivity contribution in [3.8, 4) is 0 Å². The van der Waals surface area contributed by atoms with E-state index in [2.05, 4.69) is 6.92 Å². The van der Waals surface area contributed by atoms with Crippen molar-refractivity contribution in [1.82, 2.24) is 0 Å². The molecule has 0 aromatic rings. The molecular formula is C5H6F4. The lowest BCUT2D eigenvalue weighted by molar-refractivity contribution is -0.0648. The predicted molar refractivity (Wildman–Crippen MR) is 25.0 cm³/mol. The van der Waals surface area contributed by atoms with E-state index in [1.165, 1.54) is 0 Å². The maximum absolute atomic E-state index is 11.7. The summed E-state index contributed by atoms with van der Waals surface area (Å²) in [6, 6.07) is 0. The van der Waals surface area contributed by atoms with E-state index in [0.29, 0.717) is 0 Å². The zero-order valence-corrected chi connectivity index (χ0v) is 4.63. The molecule has 0 atom stereocenters. The zero-order valence-electron chi connectivity index (χ0n) is 4.63. The van der Waals surface area contributed by atoms with E-state index in [1.807, 2.05) is 0 Å². The van der Waals surface area contributed by atoms with Crippen LogP contribution in [0.15, 0.2) is 0 Å². The first kappa shape index (κ1) is 8.72. The van der Waals surface area contributed by atoms with Gasteiger partial charge in [-0.1, -0.05) is 6.92 Å². The summed E-state index contributed by atoms with van der Waals surface area (Å²) in [5.41, 5.74) is 0. The predicted octanol–water partition coefficient (Wildman–Crippen LogP) is 2.66. The Kier molecular flexibility index (Phi) is 2.94. The first-order chi connectivity index (χ1) is 4.00. The van der Waals surface area contributed by atoms with Gasteiger partial charge in [-0.3, -0.25) is 0 Å². The van der Waals surface area contributed by atoms with Crippen LogP contribution in [-0.4, -0.2) is 5.92 Å². The third-order valence-electron chi connectivity index (χ3n) is 0.767. The van der Waals surface area contributed by atoms with Crippen molar-refractivity contribution in [1.29, 1.82) is 0 Å². The van der Waals surface area contributed by atoms with Gasteiger partial charge in [0.25, 0.3) is 0 Å². The molecule has 0 aromatic heterocycles. The van der Waals surface area contributed by atoms with E-state index in [4.69, 9.17) is 0 Å². The lowest BCUT2D eigenvalue weighted by atomic mass is 10.2. The molecule has 0 aliphatic carbocycles. The molecule has 9 heavy (non-hydrogen) atoms. The van der Waals surface area contributed by atoms with Gasteiger partial charge in [0.05, 0.1) is 0 Å². The normalized spacial score (nSPS) is 12.7. The highest BCUT2D eigenvalue weighted by Gasteiger charge is 2.41. The lowest BCUT2D eigenvalue weighted by Gasteiger charge is -2.10. The van der Waals surface area contributed by atoms with Crippen molar-refractivity contribution in [2.75, 3.05) is 0 Å². The molecule has 0 heterocycles. The fraction of sp³-hybridized carbons (Fsp3) is 0.600. The van der Waals surface area contributed by atoms with E-state index in [-0.39, 0.29) is 6.42 Å². The van der Waals surface area contributed by atoms with Gasteiger partial charge in [0, 0.05) is 6.42 Å². The minimum Gasteiger partial charge on any atom is -0.200 e. The fourth-order valence-corrected chi connectivity index (χ4v) is 0.317. The van der Waals surface area contributed by atoms with E-state index in [9.17, 15) is 17.6 Å². The second-order valence-electron chi connectivity index (χ2n) is 1.57. The fourth-order valence-electron chi connectivity index (χ4n) is 0.317. The first-order valence-electron chi connectivity index (χ1n) is 2.36. The van der Waals surface area contributed by atoms with E-state index in [0.717, 1.165) is 0 Å². The molecule has 0 fully saturated rings. The monoisotopic (exact) mass is 142 g/mol. The molecular weight excluding hydrogens is 136 g/mol. The number of rotatable bonds is 3. The average Bonchev–Trinajstić information content (AvgIpc) is 1.65. The van der Waals surface area contributed by atoms with Gasteiger partial charge in [0.1, 0.15) is 0 Å². The Morgan fingerprint density at radius 1 is 1.33 bits per heavy atom. The molecule has 0 amide bonds. The third kappa shape index (κ3) is 2.67. The molecule has 0 saturated carbocycles. The summed E-state index contributed by atoms with van der Waals surface area (Å²) < 4.78 is 45.7. The van der Waals surface area contributed by atoms with Crippen LogP contribution in [0.25, 0.3) is 0 Å². The summed E-state index contributed by atoms with van der Waals surface area (Å²) >= 11 is 0. The van der Waals surface area contributed by atoms with Crippen molar-refractivity contribution >= 4 is 0 Å². The lowest BCUT2D eigenvalue weighted by Crippen LogP contribution is -2.19. The van der Waals surface area contributed by atoms with Crippen molar-refractivity contribution in [3.05, 3.63) is 13.3 Å². The largest absolute Gasteiger partial charge is 0.378 e. The van der Waals surface area contributed by atoms with Crippen LogP contribution in [0.4, 0.5) is 17.6 Å². The summed E-state index contributed by atoms with van der Waals surface area (Å²) in [7, 11) is 0. The summed E-state index contributed by atoms with van der Waals surface area (Å²) in [5, 5.41) is 0. The van der Waals surface area contributed by atoms with Gasteiger partial charge in [-0.15, -0.1) is 0 Å². The van der Waals surface area contributed by atoms with E-state index in [1.54, 1.807) is 0 Å². The molecule has 54 valence electrons. The van der Waals surface area contributed by atoms with Gasteiger partial charge < -0.3 is 0 Å². The Morgan fingerprint density at radius 3 is 1.89 bits per heavy atom. The number of alkyl halides is 2. The molecule has 0 nitrogen and oxygen atoms in total. The standard InChI is InChI=1S/C5H6F4/c1-2-3-5(8,9)4(6)7/h1-3H2. The van der Waals surface area contributed by atoms with Crippen molar-refractivity contribution in [2.45, 2.75) is 18.8 Å². The Morgan fingerprint density at radius 2 is 1.78 bits per heavy atom. The van der Waals surface area contributed by atoms with Crippen LogP contribution in [0.3, 0.4) is 0 Å². The van der Waals surface area contributed by atoms with E-state index < -0.39 is 18.8 Å². The second kappa shape index (κ2) is 3.03. The van der Waals surface area contributed by atoms with Crippen LogP contribution < -0.4 is 0 Å². The molecule has 4 heteroatoms. The van der Waals surface area contributed by atoms with Crippen LogP contribution >= 0.6 is 0 Å². The SMILES string of the molecule is [CH2]CCC(F)(F)[C](F)F.